The number of ketones is 1. The van der Waals surface area contributed by atoms with Crippen LogP contribution in [0.2, 0.25) is 0 Å². The molecule has 0 saturated heterocycles. The maximum Gasteiger partial charge on any atom is 0.169 e. The average Bonchev–Trinajstić information content (AvgIpc) is 2.47. The summed E-state index contributed by atoms with van der Waals surface area (Å²) in [6.45, 7) is 0. The van der Waals surface area contributed by atoms with E-state index in [1.165, 1.54) is 0 Å². The molecule has 0 spiro atoms. The molecule has 0 aliphatic carbocycles. The number of benzene rings is 2. The molecular weight excluding hydrogens is 248 g/mol. The largest absolute Gasteiger partial charge is 0.398 e. The van der Waals surface area contributed by atoms with Gasteiger partial charge in [-0.25, -0.2) is 0 Å². The Morgan fingerprint density at radius 2 is 1.65 bits per heavy atom. The Kier molecular flexibility index (Phi) is 3.17. The van der Waals surface area contributed by atoms with E-state index in [0.717, 1.165) is 16.3 Å². The van der Waals surface area contributed by atoms with Crippen LogP contribution in [0.25, 0.3) is 10.8 Å². The minimum absolute atomic E-state index is 0.0273. The summed E-state index contributed by atoms with van der Waals surface area (Å²) in [6, 6.07) is 15.3. The van der Waals surface area contributed by atoms with Gasteiger partial charge < -0.3 is 5.73 Å². The average molecular weight is 262 g/mol. The maximum atomic E-state index is 12.4. The molecule has 1 heterocycles. The highest BCUT2D eigenvalue weighted by molar-refractivity contribution is 6.05. The number of nitrogens with zero attached hydrogens (tertiary/aromatic N) is 1. The van der Waals surface area contributed by atoms with Crippen LogP contribution in [0.15, 0.2) is 60.9 Å². The van der Waals surface area contributed by atoms with Crippen molar-refractivity contribution in [2.45, 2.75) is 6.42 Å². The summed E-state index contributed by atoms with van der Waals surface area (Å²) in [7, 11) is 0. The number of carbonyl (C=O) groups excluding carboxylic acids is 1. The second kappa shape index (κ2) is 5.13. The third-order valence-corrected chi connectivity index (χ3v) is 3.33. The molecule has 20 heavy (non-hydrogen) atoms. The summed E-state index contributed by atoms with van der Waals surface area (Å²) in [5.41, 5.74) is 8.06. The molecule has 98 valence electrons. The van der Waals surface area contributed by atoms with Gasteiger partial charge in [-0.3, -0.25) is 9.78 Å². The highest BCUT2D eigenvalue weighted by Gasteiger charge is 2.11. The van der Waals surface area contributed by atoms with Gasteiger partial charge in [-0.1, -0.05) is 24.3 Å². The van der Waals surface area contributed by atoms with Crippen LogP contribution < -0.4 is 5.73 Å². The number of fused-ring (bicyclic) bond motifs is 1. The van der Waals surface area contributed by atoms with Crippen molar-refractivity contribution in [3.8, 4) is 0 Å². The number of hydrogen-bond donors (Lipinski definition) is 1. The maximum absolute atomic E-state index is 12.4. The van der Waals surface area contributed by atoms with Crippen LogP contribution in [0.4, 0.5) is 5.69 Å². The fourth-order valence-electron chi connectivity index (χ4n) is 2.28. The predicted molar refractivity (Wildman–Crippen MR) is 80.6 cm³/mol. The summed E-state index contributed by atoms with van der Waals surface area (Å²) in [4.78, 5) is 16.3. The number of anilines is 1. The van der Waals surface area contributed by atoms with E-state index in [4.69, 9.17) is 5.73 Å². The number of rotatable bonds is 3. The molecule has 3 nitrogen and oxygen atoms in total. The van der Waals surface area contributed by atoms with Gasteiger partial charge in [-0.2, -0.15) is 0 Å². The second-order valence-electron chi connectivity index (χ2n) is 4.74. The minimum Gasteiger partial charge on any atom is -0.398 e. The summed E-state index contributed by atoms with van der Waals surface area (Å²) in [6.07, 6.45) is 3.71. The van der Waals surface area contributed by atoms with Crippen molar-refractivity contribution in [1.82, 2.24) is 4.98 Å². The van der Waals surface area contributed by atoms with Crippen molar-refractivity contribution < 1.29 is 4.79 Å². The topological polar surface area (TPSA) is 56.0 Å². The van der Waals surface area contributed by atoms with E-state index in [9.17, 15) is 4.79 Å². The molecule has 3 aromatic rings. The van der Waals surface area contributed by atoms with E-state index < -0.39 is 0 Å². The lowest BCUT2D eigenvalue weighted by Crippen LogP contribution is -2.07. The van der Waals surface area contributed by atoms with Gasteiger partial charge in [0.2, 0.25) is 0 Å². The fraction of sp³-hybridized carbons (Fsp3) is 0.0588. The van der Waals surface area contributed by atoms with Crippen molar-refractivity contribution in [3.63, 3.8) is 0 Å². The lowest BCUT2D eigenvalue weighted by molar-refractivity contribution is 0.0994. The molecule has 3 heteroatoms. The third-order valence-electron chi connectivity index (χ3n) is 3.33. The first-order valence-electron chi connectivity index (χ1n) is 6.44. The summed E-state index contributed by atoms with van der Waals surface area (Å²) in [5.74, 6) is 0.0273. The Morgan fingerprint density at radius 3 is 2.35 bits per heavy atom. The first-order chi connectivity index (χ1) is 9.74. The first-order valence-corrected chi connectivity index (χ1v) is 6.44. The Hall–Kier alpha value is -2.68. The molecule has 0 saturated carbocycles. The molecule has 0 aliphatic heterocycles. The summed E-state index contributed by atoms with van der Waals surface area (Å²) < 4.78 is 0. The molecule has 0 atom stereocenters. The van der Waals surface area contributed by atoms with E-state index in [2.05, 4.69) is 4.98 Å². The minimum atomic E-state index is 0.0273. The van der Waals surface area contributed by atoms with Crippen LogP contribution in [-0.2, 0) is 6.42 Å². The van der Waals surface area contributed by atoms with Crippen molar-refractivity contribution in [2.75, 3.05) is 5.73 Å². The molecule has 1 aromatic heterocycles. The first kappa shape index (κ1) is 12.4. The normalized spacial score (nSPS) is 10.6. The van der Waals surface area contributed by atoms with E-state index >= 15 is 0 Å². The van der Waals surface area contributed by atoms with E-state index in [1.54, 1.807) is 12.4 Å². The zero-order chi connectivity index (χ0) is 13.9. The van der Waals surface area contributed by atoms with Gasteiger partial charge in [0.05, 0.1) is 0 Å². The van der Waals surface area contributed by atoms with Gasteiger partial charge in [0, 0.05) is 30.1 Å². The monoisotopic (exact) mass is 262 g/mol. The van der Waals surface area contributed by atoms with Crippen molar-refractivity contribution in [3.05, 3.63) is 72.1 Å². The predicted octanol–water partition coefficient (Wildman–Crippen LogP) is 3.24. The highest BCUT2D eigenvalue weighted by Crippen LogP contribution is 2.23. The van der Waals surface area contributed by atoms with Crippen LogP contribution in [0.3, 0.4) is 0 Å². The molecule has 0 bridgehead atoms. The lowest BCUT2D eigenvalue weighted by Gasteiger charge is -2.07. The van der Waals surface area contributed by atoms with E-state index in [1.807, 2.05) is 48.5 Å². The second-order valence-corrected chi connectivity index (χ2v) is 4.74. The summed E-state index contributed by atoms with van der Waals surface area (Å²) >= 11 is 0. The van der Waals surface area contributed by atoms with Crippen LogP contribution in [-0.4, -0.2) is 10.8 Å². The van der Waals surface area contributed by atoms with E-state index in [-0.39, 0.29) is 5.78 Å². The van der Waals surface area contributed by atoms with Gasteiger partial charge in [0.1, 0.15) is 0 Å². The quantitative estimate of drug-likeness (QED) is 0.582. The van der Waals surface area contributed by atoms with Crippen molar-refractivity contribution in [2.24, 2.45) is 0 Å². The molecule has 0 amide bonds. The van der Waals surface area contributed by atoms with Crippen LogP contribution in [0, 0.1) is 0 Å². The number of hydrogen-bond acceptors (Lipinski definition) is 3. The third kappa shape index (κ3) is 2.38. The number of nitrogen functional groups attached to an aromatic ring is 1. The molecule has 0 unspecified atom stereocenters. The number of carbonyl (C=O) groups is 1. The number of Topliss-reactive ketones (excluding diaryl/α,β-unsaturated/α-hetero) is 1. The van der Waals surface area contributed by atoms with Crippen molar-refractivity contribution >= 4 is 22.2 Å². The number of nitrogens with two attached hydrogens (primary N) is 1. The zero-order valence-electron chi connectivity index (χ0n) is 10.9. The molecule has 2 N–H and O–H groups in total. The fourth-order valence-corrected chi connectivity index (χ4v) is 2.28. The number of pyridine rings is 1. The molecule has 2 aromatic carbocycles. The van der Waals surface area contributed by atoms with Crippen molar-refractivity contribution in [1.29, 1.82) is 0 Å². The van der Waals surface area contributed by atoms with Gasteiger partial charge in [0.25, 0.3) is 0 Å². The highest BCUT2D eigenvalue weighted by atomic mass is 16.1. The number of aromatic nitrogens is 1. The molecule has 0 fully saturated rings. The SMILES string of the molecule is Nc1cc2ccccc2cc1C(=O)Cc1ccncc1. The summed E-state index contributed by atoms with van der Waals surface area (Å²) in [5, 5.41) is 2.07. The van der Waals surface area contributed by atoms with Crippen LogP contribution in [0.5, 0.6) is 0 Å². The Balaban J connectivity index is 1.97. The zero-order valence-corrected chi connectivity index (χ0v) is 10.9. The van der Waals surface area contributed by atoms with Crippen LogP contribution >= 0.6 is 0 Å². The molecular formula is C17H14N2O. The van der Waals surface area contributed by atoms with Gasteiger partial charge in [-0.15, -0.1) is 0 Å². The van der Waals surface area contributed by atoms with Crippen LogP contribution in [0.1, 0.15) is 15.9 Å². The van der Waals surface area contributed by atoms with Gasteiger partial charge in [0.15, 0.2) is 5.78 Å². The molecule has 3 rings (SSSR count). The smallest absolute Gasteiger partial charge is 0.169 e. The van der Waals surface area contributed by atoms with Gasteiger partial charge in [-0.05, 0) is 40.6 Å². The Labute approximate surface area is 117 Å². The Morgan fingerprint density at radius 1 is 1.00 bits per heavy atom. The molecule has 0 aliphatic rings. The Bertz CT molecular complexity index is 766. The lowest BCUT2D eigenvalue weighted by atomic mass is 9.99. The van der Waals surface area contributed by atoms with Gasteiger partial charge >= 0.3 is 0 Å². The standard InChI is InChI=1S/C17H14N2O/c18-16-11-14-4-2-1-3-13(14)10-15(16)17(20)9-12-5-7-19-8-6-12/h1-8,10-11H,9,18H2. The van der Waals surface area contributed by atoms with E-state index in [0.29, 0.717) is 17.7 Å². The molecule has 0 radical (unpaired) electrons.